The van der Waals surface area contributed by atoms with E-state index in [0.29, 0.717) is 37.7 Å². The summed E-state index contributed by atoms with van der Waals surface area (Å²) in [6.45, 7) is 2.03. The molecule has 0 bridgehead atoms. The van der Waals surface area contributed by atoms with Gasteiger partial charge in [-0.15, -0.1) is 0 Å². The summed E-state index contributed by atoms with van der Waals surface area (Å²) in [5.74, 6) is 0.396. The molecule has 4 heterocycles. The van der Waals surface area contributed by atoms with Gasteiger partial charge in [0.2, 0.25) is 5.95 Å². The summed E-state index contributed by atoms with van der Waals surface area (Å²) >= 11 is 0. The highest BCUT2D eigenvalue weighted by atomic mass is 16.2. The third-order valence-electron chi connectivity index (χ3n) is 5.84. The zero-order valence-electron chi connectivity index (χ0n) is 18.1. The van der Waals surface area contributed by atoms with E-state index < -0.39 is 11.2 Å². The van der Waals surface area contributed by atoms with Crippen LogP contribution in [0.3, 0.4) is 0 Å². The van der Waals surface area contributed by atoms with Gasteiger partial charge in [-0.3, -0.25) is 18.7 Å². The van der Waals surface area contributed by atoms with Gasteiger partial charge in [0.1, 0.15) is 5.65 Å². The van der Waals surface area contributed by atoms with Gasteiger partial charge >= 0.3 is 5.69 Å². The van der Waals surface area contributed by atoms with Crippen molar-refractivity contribution >= 4 is 22.9 Å². The molecule has 4 aromatic rings. The molecular weight excluding hydrogens is 426 g/mol. The second-order valence-corrected chi connectivity index (χ2v) is 7.81. The average Bonchev–Trinajstić information content (AvgIpc) is 3.36. The standard InChI is InChI=1S/C21H21N9O3/c1-26-17-16(19(32)27(2)21(26)33)12-14(13-22-17)18(31)28-8-10-29(11-9-28)20-23-24-25-30(20)15-6-4-3-5-7-15/h3-7,12-13H,8-11H2,1-2H3. The quantitative estimate of drug-likeness (QED) is 0.414. The summed E-state index contributed by atoms with van der Waals surface area (Å²) in [5, 5.41) is 12.3. The lowest BCUT2D eigenvalue weighted by molar-refractivity contribution is 0.0746. The van der Waals surface area contributed by atoms with Gasteiger partial charge in [-0.25, -0.2) is 9.78 Å². The minimum Gasteiger partial charge on any atom is -0.336 e. The molecule has 0 aliphatic carbocycles. The molecule has 33 heavy (non-hydrogen) atoms. The van der Waals surface area contributed by atoms with Crippen LogP contribution < -0.4 is 16.1 Å². The monoisotopic (exact) mass is 447 g/mol. The molecule has 5 rings (SSSR count). The number of tetrazole rings is 1. The van der Waals surface area contributed by atoms with Crippen LogP contribution >= 0.6 is 0 Å². The van der Waals surface area contributed by atoms with Gasteiger partial charge in [0.25, 0.3) is 11.5 Å². The summed E-state index contributed by atoms with van der Waals surface area (Å²) in [6, 6.07) is 11.1. The number of amides is 1. The summed E-state index contributed by atoms with van der Waals surface area (Å²) < 4.78 is 3.97. The Hall–Kier alpha value is -4.35. The van der Waals surface area contributed by atoms with Gasteiger partial charge in [-0.05, 0) is 28.6 Å². The normalized spacial score (nSPS) is 14.1. The number of nitrogens with zero attached hydrogens (tertiary/aromatic N) is 9. The van der Waals surface area contributed by atoms with Gasteiger partial charge in [0.15, 0.2) is 0 Å². The third-order valence-corrected chi connectivity index (χ3v) is 5.84. The summed E-state index contributed by atoms with van der Waals surface area (Å²) in [7, 11) is 2.95. The molecule has 1 aliphatic rings. The van der Waals surface area contributed by atoms with Crippen LogP contribution in [0.15, 0.2) is 52.2 Å². The Morgan fingerprint density at radius 3 is 2.42 bits per heavy atom. The third kappa shape index (κ3) is 3.45. The van der Waals surface area contributed by atoms with Gasteiger partial charge < -0.3 is 9.80 Å². The maximum atomic E-state index is 13.1. The van der Waals surface area contributed by atoms with Gasteiger partial charge in [0, 0.05) is 46.5 Å². The number of rotatable bonds is 3. The number of carbonyl (C=O) groups is 1. The smallest absolute Gasteiger partial charge is 0.332 e. The predicted octanol–water partition coefficient (Wildman–Crippen LogP) is -0.430. The zero-order valence-corrected chi connectivity index (χ0v) is 18.1. The van der Waals surface area contributed by atoms with Gasteiger partial charge in [0.05, 0.1) is 16.6 Å². The highest BCUT2D eigenvalue weighted by Gasteiger charge is 2.26. The van der Waals surface area contributed by atoms with Crippen molar-refractivity contribution in [1.82, 2.24) is 39.2 Å². The highest BCUT2D eigenvalue weighted by Crippen LogP contribution is 2.18. The number of pyridine rings is 1. The van der Waals surface area contributed by atoms with Crippen molar-refractivity contribution < 1.29 is 4.79 Å². The molecule has 0 saturated carbocycles. The molecule has 12 nitrogen and oxygen atoms in total. The Balaban J connectivity index is 1.36. The molecule has 0 radical (unpaired) electrons. The first-order valence-electron chi connectivity index (χ1n) is 10.4. The van der Waals surface area contributed by atoms with Crippen LogP contribution in [-0.4, -0.2) is 71.3 Å². The fourth-order valence-electron chi connectivity index (χ4n) is 3.99. The van der Waals surface area contributed by atoms with Crippen molar-refractivity contribution in [1.29, 1.82) is 0 Å². The number of fused-ring (bicyclic) bond motifs is 1. The van der Waals surface area contributed by atoms with E-state index in [9.17, 15) is 14.4 Å². The fourth-order valence-corrected chi connectivity index (χ4v) is 3.99. The van der Waals surface area contributed by atoms with E-state index >= 15 is 0 Å². The summed E-state index contributed by atoms with van der Waals surface area (Å²) in [5.41, 5.74) is 0.466. The molecule has 3 aromatic heterocycles. The summed E-state index contributed by atoms with van der Waals surface area (Å²) in [4.78, 5) is 45.7. The molecular formula is C21H21N9O3. The number of aromatic nitrogens is 7. The van der Waals surface area contributed by atoms with Crippen LogP contribution in [0.2, 0.25) is 0 Å². The Bertz CT molecular complexity index is 1460. The number of hydrogen-bond donors (Lipinski definition) is 0. The molecule has 168 valence electrons. The molecule has 0 unspecified atom stereocenters. The minimum absolute atomic E-state index is 0.220. The molecule has 12 heteroatoms. The van der Waals surface area contributed by atoms with E-state index in [2.05, 4.69) is 20.5 Å². The SMILES string of the molecule is Cn1c(=O)c2cc(C(=O)N3CCN(c4nnnn4-c4ccccc4)CC3)cnc2n(C)c1=O. The van der Waals surface area contributed by atoms with Crippen molar-refractivity contribution in [3.05, 3.63) is 69.0 Å². The number of piperazine rings is 1. The van der Waals surface area contributed by atoms with Crippen molar-refractivity contribution in [2.24, 2.45) is 14.1 Å². The van der Waals surface area contributed by atoms with Gasteiger partial charge in [-0.1, -0.05) is 23.3 Å². The maximum Gasteiger partial charge on any atom is 0.332 e. The highest BCUT2D eigenvalue weighted by molar-refractivity contribution is 5.96. The first-order valence-corrected chi connectivity index (χ1v) is 10.4. The number of benzene rings is 1. The van der Waals surface area contributed by atoms with Crippen LogP contribution in [0, 0.1) is 0 Å². The predicted molar refractivity (Wildman–Crippen MR) is 119 cm³/mol. The van der Waals surface area contributed by atoms with Crippen molar-refractivity contribution in [3.63, 3.8) is 0 Å². The topological polar surface area (TPSA) is 124 Å². The Labute approximate surface area is 187 Å². The molecule has 0 spiro atoms. The average molecular weight is 447 g/mol. The lowest BCUT2D eigenvalue weighted by Gasteiger charge is -2.34. The molecule has 1 aromatic carbocycles. The lowest BCUT2D eigenvalue weighted by Crippen LogP contribution is -2.49. The second kappa shape index (κ2) is 7.97. The van der Waals surface area contributed by atoms with E-state index in [1.165, 1.54) is 23.9 Å². The Morgan fingerprint density at radius 2 is 1.70 bits per heavy atom. The lowest BCUT2D eigenvalue weighted by atomic mass is 10.2. The number of aryl methyl sites for hydroxylation is 1. The first kappa shape index (κ1) is 20.5. The first-order chi connectivity index (χ1) is 16.0. The van der Waals surface area contributed by atoms with E-state index in [1.807, 2.05) is 35.2 Å². The van der Waals surface area contributed by atoms with E-state index in [4.69, 9.17) is 0 Å². The van der Waals surface area contributed by atoms with Crippen LogP contribution in [0.1, 0.15) is 10.4 Å². The van der Waals surface area contributed by atoms with Crippen LogP contribution in [0.4, 0.5) is 5.95 Å². The van der Waals surface area contributed by atoms with E-state index in [0.717, 1.165) is 10.3 Å². The molecule has 1 aliphatic heterocycles. The molecule has 1 saturated heterocycles. The molecule has 1 fully saturated rings. The van der Waals surface area contributed by atoms with Crippen molar-refractivity contribution in [3.8, 4) is 5.69 Å². The van der Waals surface area contributed by atoms with E-state index in [1.54, 1.807) is 16.6 Å². The fraction of sp³-hybridized carbons (Fsp3) is 0.286. The second-order valence-electron chi connectivity index (χ2n) is 7.81. The number of anilines is 1. The maximum absolute atomic E-state index is 13.1. The van der Waals surface area contributed by atoms with Crippen molar-refractivity contribution in [2.75, 3.05) is 31.1 Å². The van der Waals surface area contributed by atoms with E-state index in [-0.39, 0.29) is 16.9 Å². The molecule has 0 atom stereocenters. The van der Waals surface area contributed by atoms with Gasteiger partial charge in [-0.2, -0.15) is 4.68 Å². The molecule has 1 amide bonds. The van der Waals surface area contributed by atoms with Crippen molar-refractivity contribution in [2.45, 2.75) is 0 Å². The number of hydrogen-bond acceptors (Lipinski definition) is 8. The minimum atomic E-state index is -0.479. The van der Waals surface area contributed by atoms with Crippen LogP contribution in [0.25, 0.3) is 16.7 Å². The Morgan fingerprint density at radius 1 is 0.970 bits per heavy atom. The summed E-state index contributed by atoms with van der Waals surface area (Å²) in [6.07, 6.45) is 1.41. The Kier molecular flexibility index (Phi) is 4.96. The molecule has 0 N–H and O–H groups in total. The van der Waals surface area contributed by atoms with Crippen LogP contribution in [0.5, 0.6) is 0 Å². The van der Waals surface area contributed by atoms with Crippen LogP contribution in [-0.2, 0) is 14.1 Å². The zero-order chi connectivity index (χ0) is 23.1. The number of carbonyl (C=O) groups excluding carboxylic acids is 1. The largest absolute Gasteiger partial charge is 0.336 e. The number of para-hydroxylation sites is 1.